The van der Waals surface area contributed by atoms with E-state index in [9.17, 15) is 4.79 Å². The predicted molar refractivity (Wildman–Crippen MR) is 105 cm³/mol. The van der Waals surface area contributed by atoms with Crippen molar-refractivity contribution in [2.75, 3.05) is 7.11 Å². The Balaban J connectivity index is 1.41. The third-order valence-corrected chi connectivity index (χ3v) is 5.58. The van der Waals surface area contributed by atoms with Crippen LogP contribution in [0, 0.1) is 6.92 Å². The molecule has 1 aromatic carbocycles. The minimum Gasteiger partial charge on any atom is -0.486 e. The standard InChI is InChI=1S/C20H22ClN3O5/c1-11-17(28-19(22-11)12-3-5-13(26-2)6-4-12)10-27-14-7-8-15(16(21)9-14)18-23-20(25)29-24-18/h7-9,12-13H,3-6,10H2,1-2H3,(H,23,24,25). The van der Waals surface area contributed by atoms with Crippen molar-refractivity contribution in [3.05, 3.63) is 51.1 Å². The Bertz CT molecular complexity index is 1030. The molecule has 0 aliphatic heterocycles. The highest BCUT2D eigenvalue weighted by Gasteiger charge is 2.26. The van der Waals surface area contributed by atoms with Crippen molar-refractivity contribution >= 4 is 11.6 Å². The molecular weight excluding hydrogens is 398 g/mol. The Hall–Kier alpha value is -2.58. The molecule has 9 heteroatoms. The van der Waals surface area contributed by atoms with Crippen molar-refractivity contribution in [3.8, 4) is 17.1 Å². The average Bonchev–Trinajstić information content (AvgIpc) is 3.32. The molecule has 1 saturated carbocycles. The van der Waals surface area contributed by atoms with Crippen molar-refractivity contribution in [3.63, 3.8) is 0 Å². The molecular formula is C20H22ClN3O5. The van der Waals surface area contributed by atoms with Crippen LogP contribution in [0.3, 0.4) is 0 Å². The second-order valence-electron chi connectivity index (χ2n) is 7.14. The maximum Gasteiger partial charge on any atom is 0.439 e. The van der Waals surface area contributed by atoms with Crippen LogP contribution in [0.4, 0.5) is 0 Å². The number of nitrogens with zero attached hydrogens (tertiary/aromatic N) is 2. The van der Waals surface area contributed by atoms with Gasteiger partial charge in [0.15, 0.2) is 17.5 Å². The van der Waals surface area contributed by atoms with Crippen LogP contribution in [0.2, 0.25) is 5.02 Å². The zero-order valence-corrected chi connectivity index (χ0v) is 17.0. The zero-order valence-electron chi connectivity index (χ0n) is 16.2. The summed E-state index contributed by atoms with van der Waals surface area (Å²) in [6.45, 7) is 2.17. The molecule has 0 spiro atoms. The predicted octanol–water partition coefficient (Wildman–Crippen LogP) is 4.23. The first-order valence-electron chi connectivity index (χ1n) is 9.51. The number of rotatable bonds is 6. The van der Waals surface area contributed by atoms with Gasteiger partial charge in [0.1, 0.15) is 12.4 Å². The zero-order chi connectivity index (χ0) is 20.4. The quantitative estimate of drug-likeness (QED) is 0.637. The lowest BCUT2D eigenvalue weighted by Gasteiger charge is -2.25. The highest BCUT2D eigenvalue weighted by atomic mass is 35.5. The number of halogens is 1. The number of aromatic amines is 1. The highest BCUT2D eigenvalue weighted by molar-refractivity contribution is 6.33. The molecule has 0 bridgehead atoms. The van der Waals surface area contributed by atoms with Crippen LogP contribution in [0.5, 0.6) is 5.75 Å². The van der Waals surface area contributed by atoms with E-state index >= 15 is 0 Å². The molecule has 0 unspecified atom stereocenters. The molecule has 154 valence electrons. The summed E-state index contributed by atoms with van der Waals surface area (Å²) < 4.78 is 21.8. The molecule has 0 radical (unpaired) electrons. The molecule has 2 heterocycles. The topological polar surface area (TPSA) is 103 Å². The summed E-state index contributed by atoms with van der Waals surface area (Å²) in [7, 11) is 1.76. The number of nitrogens with one attached hydrogen (secondary N) is 1. The van der Waals surface area contributed by atoms with Gasteiger partial charge in [-0.2, -0.15) is 0 Å². The Labute approximate surface area is 172 Å². The van der Waals surface area contributed by atoms with Crippen molar-refractivity contribution < 1.29 is 18.4 Å². The Morgan fingerprint density at radius 3 is 2.72 bits per heavy atom. The number of H-pyrrole nitrogens is 1. The summed E-state index contributed by atoms with van der Waals surface area (Å²) in [6, 6.07) is 5.10. The number of hydrogen-bond donors (Lipinski definition) is 1. The van der Waals surface area contributed by atoms with Gasteiger partial charge < -0.3 is 13.9 Å². The van der Waals surface area contributed by atoms with Crippen LogP contribution in [0.1, 0.15) is 48.9 Å². The molecule has 1 aliphatic rings. The van der Waals surface area contributed by atoms with Crippen molar-refractivity contribution in [1.29, 1.82) is 0 Å². The van der Waals surface area contributed by atoms with Gasteiger partial charge in [-0.3, -0.25) is 9.51 Å². The SMILES string of the molecule is COC1CCC(c2nc(C)c(COc3ccc(-c4noc(=O)[nH]4)c(Cl)c3)o2)CC1. The Kier molecular flexibility index (Phi) is 5.73. The molecule has 0 saturated heterocycles. The fraction of sp³-hybridized carbons (Fsp3) is 0.450. The van der Waals surface area contributed by atoms with E-state index in [0.29, 0.717) is 34.1 Å². The lowest BCUT2D eigenvalue weighted by molar-refractivity contribution is 0.0630. The number of benzene rings is 1. The van der Waals surface area contributed by atoms with E-state index < -0.39 is 5.76 Å². The van der Waals surface area contributed by atoms with E-state index in [4.69, 9.17) is 25.5 Å². The monoisotopic (exact) mass is 419 g/mol. The molecule has 4 rings (SSSR count). The third kappa shape index (κ3) is 4.38. The maximum atomic E-state index is 11.1. The first kappa shape index (κ1) is 19.7. The number of methoxy groups -OCH3 is 1. The first-order valence-corrected chi connectivity index (χ1v) is 9.89. The smallest absolute Gasteiger partial charge is 0.439 e. The highest BCUT2D eigenvalue weighted by Crippen LogP contribution is 2.34. The van der Waals surface area contributed by atoms with Crippen molar-refractivity contribution in [1.82, 2.24) is 15.1 Å². The molecule has 0 atom stereocenters. The van der Waals surface area contributed by atoms with Crippen LogP contribution in [0.25, 0.3) is 11.4 Å². The molecule has 1 fully saturated rings. The van der Waals surface area contributed by atoms with Gasteiger partial charge in [-0.05, 0) is 50.8 Å². The summed E-state index contributed by atoms with van der Waals surface area (Å²) in [6.07, 6.45) is 4.42. The minimum absolute atomic E-state index is 0.253. The second-order valence-corrected chi connectivity index (χ2v) is 7.55. The van der Waals surface area contributed by atoms with Gasteiger partial charge in [0.05, 0.1) is 16.8 Å². The van der Waals surface area contributed by atoms with Crippen molar-refractivity contribution in [2.45, 2.75) is 51.2 Å². The first-order chi connectivity index (χ1) is 14.0. The summed E-state index contributed by atoms with van der Waals surface area (Å²) >= 11 is 6.29. The van der Waals surface area contributed by atoms with E-state index in [1.807, 2.05) is 6.92 Å². The lowest BCUT2D eigenvalue weighted by atomic mass is 9.87. The summed E-state index contributed by atoms with van der Waals surface area (Å²) in [5.74, 6) is 2.01. The summed E-state index contributed by atoms with van der Waals surface area (Å²) in [5, 5.41) is 4.03. The van der Waals surface area contributed by atoms with E-state index in [0.717, 1.165) is 37.3 Å². The second kappa shape index (κ2) is 8.42. The van der Waals surface area contributed by atoms with Gasteiger partial charge >= 0.3 is 5.76 Å². The molecule has 8 nitrogen and oxygen atoms in total. The number of ether oxygens (including phenoxy) is 2. The average molecular weight is 420 g/mol. The van der Waals surface area contributed by atoms with Crippen LogP contribution >= 0.6 is 11.6 Å². The van der Waals surface area contributed by atoms with Gasteiger partial charge in [0.2, 0.25) is 0 Å². The van der Waals surface area contributed by atoms with Gasteiger partial charge in [0.25, 0.3) is 0 Å². The fourth-order valence-electron chi connectivity index (χ4n) is 3.58. The van der Waals surface area contributed by atoms with Crippen molar-refractivity contribution in [2.24, 2.45) is 0 Å². The van der Waals surface area contributed by atoms with Crippen LogP contribution < -0.4 is 10.5 Å². The lowest BCUT2D eigenvalue weighted by Crippen LogP contribution is -2.19. The summed E-state index contributed by atoms with van der Waals surface area (Å²) in [4.78, 5) is 18.2. The summed E-state index contributed by atoms with van der Waals surface area (Å²) in [5.41, 5.74) is 1.38. The van der Waals surface area contributed by atoms with Crippen LogP contribution in [-0.4, -0.2) is 28.3 Å². The van der Waals surface area contributed by atoms with Crippen LogP contribution in [0.15, 0.2) is 31.9 Å². The number of aryl methyl sites for hydroxylation is 1. The van der Waals surface area contributed by atoms with E-state index in [1.54, 1.807) is 25.3 Å². The largest absolute Gasteiger partial charge is 0.486 e. The number of hydrogen-bond acceptors (Lipinski definition) is 7. The van der Waals surface area contributed by atoms with E-state index in [2.05, 4.69) is 19.6 Å². The van der Waals surface area contributed by atoms with Gasteiger partial charge in [0, 0.05) is 18.6 Å². The van der Waals surface area contributed by atoms with E-state index in [-0.39, 0.29) is 12.4 Å². The molecule has 1 aliphatic carbocycles. The fourth-order valence-corrected chi connectivity index (χ4v) is 3.84. The third-order valence-electron chi connectivity index (χ3n) is 5.27. The molecule has 3 aromatic rings. The molecule has 1 N–H and O–H groups in total. The van der Waals surface area contributed by atoms with Gasteiger partial charge in [-0.1, -0.05) is 16.8 Å². The normalized spacial score (nSPS) is 19.4. The maximum absolute atomic E-state index is 11.1. The number of aromatic nitrogens is 3. The minimum atomic E-state index is -0.635. The van der Waals surface area contributed by atoms with Crippen LogP contribution in [-0.2, 0) is 11.3 Å². The Morgan fingerprint density at radius 2 is 2.07 bits per heavy atom. The molecule has 2 aromatic heterocycles. The number of oxazole rings is 1. The molecule has 29 heavy (non-hydrogen) atoms. The Morgan fingerprint density at radius 1 is 1.28 bits per heavy atom. The molecule has 0 amide bonds. The van der Waals surface area contributed by atoms with Gasteiger partial charge in [-0.15, -0.1) is 0 Å². The van der Waals surface area contributed by atoms with Gasteiger partial charge in [-0.25, -0.2) is 9.78 Å². The van der Waals surface area contributed by atoms with E-state index in [1.165, 1.54) is 0 Å².